The average Bonchev–Trinajstić information content (AvgIpc) is 2.61. The van der Waals surface area contributed by atoms with E-state index in [1.54, 1.807) is 18.2 Å². The maximum absolute atomic E-state index is 11.9. The third-order valence-electron chi connectivity index (χ3n) is 3.36. The van der Waals surface area contributed by atoms with E-state index >= 15 is 0 Å². The first-order valence-electron chi connectivity index (χ1n) is 7.49. The van der Waals surface area contributed by atoms with E-state index in [1.165, 1.54) is 24.3 Å². The van der Waals surface area contributed by atoms with Crippen LogP contribution in [0, 0.1) is 10.1 Å². The van der Waals surface area contributed by atoms with E-state index in [0.29, 0.717) is 15.6 Å². The number of esters is 1. The number of ether oxygens (including phenoxy) is 1. The molecule has 1 N–H and O–H groups in total. The van der Waals surface area contributed by atoms with Crippen molar-refractivity contribution in [2.75, 3.05) is 6.54 Å². The van der Waals surface area contributed by atoms with Gasteiger partial charge in [0.25, 0.3) is 11.6 Å². The minimum absolute atomic E-state index is 0.00509. The third-order valence-corrected chi connectivity index (χ3v) is 3.95. The van der Waals surface area contributed by atoms with Crippen LogP contribution in [0.25, 0.3) is 0 Å². The van der Waals surface area contributed by atoms with Gasteiger partial charge in [0, 0.05) is 39.8 Å². The Morgan fingerprint density at radius 1 is 1.12 bits per heavy atom. The fraction of sp³-hybridized carbons (Fsp3) is 0.176. The Morgan fingerprint density at radius 3 is 2.42 bits per heavy atom. The summed E-state index contributed by atoms with van der Waals surface area (Å²) in [5.41, 5.74) is 0.780. The smallest absolute Gasteiger partial charge is 0.307 e. The Labute approximate surface area is 159 Å². The molecule has 26 heavy (non-hydrogen) atoms. The van der Waals surface area contributed by atoms with Gasteiger partial charge in [-0.2, -0.15) is 0 Å². The molecule has 0 atom stereocenters. The monoisotopic (exact) mass is 396 g/mol. The molecule has 0 aliphatic rings. The van der Waals surface area contributed by atoms with Crippen LogP contribution < -0.4 is 5.32 Å². The molecular weight excluding hydrogens is 383 g/mol. The fourth-order valence-electron chi connectivity index (χ4n) is 1.98. The molecule has 0 radical (unpaired) electrons. The van der Waals surface area contributed by atoms with Gasteiger partial charge in [-0.15, -0.1) is 0 Å². The number of non-ortho nitro benzene ring substituents is 1. The largest absolute Gasteiger partial charge is 0.461 e. The van der Waals surface area contributed by atoms with Crippen molar-refractivity contribution in [2.45, 2.75) is 13.0 Å². The average molecular weight is 397 g/mol. The summed E-state index contributed by atoms with van der Waals surface area (Å²) in [6, 6.07) is 10.0. The molecule has 0 saturated heterocycles. The van der Waals surface area contributed by atoms with Crippen LogP contribution >= 0.6 is 23.2 Å². The molecule has 0 aliphatic heterocycles. The maximum Gasteiger partial charge on any atom is 0.307 e. The molecule has 0 heterocycles. The van der Waals surface area contributed by atoms with E-state index in [4.69, 9.17) is 27.9 Å². The molecule has 1 amide bonds. The Morgan fingerprint density at radius 2 is 1.81 bits per heavy atom. The van der Waals surface area contributed by atoms with Crippen molar-refractivity contribution in [1.29, 1.82) is 0 Å². The highest BCUT2D eigenvalue weighted by molar-refractivity contribution is 6.35. The lowest BCUT2D eigenvalue weighted by Gasteiger charge is -2.08. The van der Waals surface area contributed by atoms with Crippen LogP contribution in [0.1, 0.15) is 22.3 Å². The van der Waals surface area contributed by atoms with Gasteiger partial charge in [0.15, 0.2) is 0 Å². The normalized spacial score (nSPS) is 10.2. The number of carbonyl (C=O) groups is 2. The third kappa shape index (κ3) is 5.72. The summed E-state index contributed by atoms with van der Waals surface area (Å²) < 4.78 is 5.09. The van der Waals surface area contributed by atoms with Gasteiger partial charge in [0.1, 0.15) is 6.61 Å². The molecule has 9 heteroatoms. The van der Waals surface area contributed by atoms with E-state index < -0.39 is 16.8 Å². The van der Waals surface area contributed by atoms with Crippen molar-refractivity contribution in [1.82, 2.24) is 5.32 Å². The highest BCUT2D eigenvalue weighted by Crippen LogP contribution is 2.21. The van der Waals surface area contributed by atoms with Crippen molar-refractivity contribution < 1.29 is 19.2 Å². The standard InChI is InChI=1S/C17H14Cl2N2O5/c18-13-4-1-12(15(19)9-13)10-26-16(22)7-8-20-17(23)11-2-5-14(6-3-11)21(24)25/h1-6,9H,7-8,10H2,(H,20,23). The van der Waals surface area contributed by atoms with Crippen LogP contribution in [0.15, 0.2) is 42.5 Å². The second kappa shape index (κ2) is 9.17. The molecule has 0 aromatic heterocycles. The number of benzene rings is 2. The summed E-state index contributed by atoms with van der Waals surface area (Å²) in [6.07, 6.45) is -0.0239. The lowest BCUT2D eigenvalue weighted by molar-refractivity contribution is -0.384. The summed E-state index contributed by atoms with van der Waals surface area (Å²) in [5, 5.41) is 14.0. The van der Waals surface area contributed by atoms with E-state index in [2.05, 4.69) is 5.32 Å². The predicted molar refractivity (Wildman–Crippen MR) is 96.3 cm³/mol. The first-order chi connectivity index (χ1) is 12.4. The van der Waals surface area contributed by atoms with Crippen molar-refractivity contribution >= 4 is 40.8 Å². The second-order valence-corrected chi connectivity index (χ2v) is 6.05. The number of halogens is 2. The number of hydrogen-bond acceptors (Lipinski definition) is 5. The number of nitro benzene ring substituents is 1. The summed E-state index contributed by atoms with van der Waals surface area (Å²) in [6.45, 7) is 0.0775. The number of nitrogens with zero attached hydrogens (tertiary/aromatic N) is 1. The lowest BCUT2D eigenvalue weighted by atomic mass is 10.2. The number of hydrogen-bond donors (Lipinski definition) is 1. The summed E-state index contributed by atoms with van der Waals surface area (Å²) >= 11 is 11.8. The zero-order chi connectivity index (χ0) is 19.1. The zero-order valence-electron chi connectivity index (χ0n) is 13.4. The highest BCUT2D eigenvalue weighted by atomic mass is 35.5. The number of carbonyl (C=O) groups excluding carboxylic acids is 2. The van der Waals surface area contributed by atoms with Gasteiger partial charge in [-0.25, -0.2) is 0 Å². The minimum atomic E-state index is -0.551. The highest BCUT2D eigenvalue weighted by Gasteiger charge is 2.11. The van der Waals surface area contributed by atoms with Gasteiger partial charge < -0.3 is 10.1 Å². The molecule has 0 unspecified atom stereocenters. The SMILES string of the molecule is O=C(CCNC(=O)c1ccc([N+](=O)[O-])cc1)OCc1ccc(Cl)cc1Cl. The molecule has 0 bridgehead atoms. The van der Waals surface area contributed by atoms with E-state index in [0.717, 1.165) is 0 Å². The topological polar surface area (TPSA) is 98.5 Å². The van der Waals surface area contributed by atoms with Gasteiger partial charge in [-0.1, -0.05) is 29.3 Å². The van der Waals surface area contributed by atoms with Gasteiger partial charge in [-0.3, -0.25) is 19.7 Å². The molecule has 7 nitrogen and oxygen atoms in total. The summed E-state index contributed by atoms with van der Waals surface area (Å²) in [7, 11) is 0. The molecule has 2 aromatic carbocycles. The number of nitro groups is 1. The van der Waals surface area contributed by atoms with Crippen LogP contribution in [0.2, 0.25) is 10.0 Å². The van der Waals surface area contributed by atoms with Crippen LogP contribution in [-0.2, 0) is 16.1 Å². The van der Waals surface area contributed by atoms with Gasteiger partial charge >= 0.3 is 5.97 Å². The number of nitrogens with one attached hydrogen (secondary N) is 1. The van der Waals surface area contributed by atoms with E-state index in [1.807, 2.05) is 0 Å². The van der Waals surface area contributed by atoms with E-state index in [-0.39, 0.29) is 30.8 Å². The summed E-state index contributed by atoms with van der Waals surface area (Å²) in [4.78, 5) is 33.6. The van der Waals surface area contributed by atoms with Crippen molar-refractivity contribution in [3.05, 3.63) is 73.8 Å². The first kappa shape index (κ1) is 19.7. The number of rotatable bonds is 7. The van der Waals surface area contributed by atoms with E-state index in [9.17, 15) is 19.7 Å². The zero-order valence-corrected chi connectivity index (χ0v) is 14.9. The number of amides is 1. The molecule has 2 rings (SSSR count). The maximum atomic E-state index is 11.9. The van der Waals surface area contributed by atoms with Gasteiger partial charge in [0.05, 0.1) is 11.3 Å². The van der Waals surface area contributed by atoms with Crippen LogP contribution in [-0.4, -0.2) is 23.3 Å². The van der Waals surface area contributed by atoms with Crippen LogP contribution in [0.4, 0.5) is 5.69 Å². The van der Waals surface area contributed by atoms with Gasteiger partial charge in [-0.05, 0) is 24.3 Å². The quantitative estimate of drug-likeness (QED) is 0.436. The van der Waals surface area contributed by atoms with Gasteiger partial charge in [0.2, 0.25) is 0 Å². The van der Waals surface area contributed by atoms with Crippen molar-refractivity contribution in [3.63, 3.8) is 0 Å². The molecule has 0 spiro atoms. The van der Waals surface area contributed by atoms with Crippen molar-refractivity contribution in [2.24, 2.45) is 0 Å². The Hall–Kier alpha value is -2.64. The first-order valence-corrected chi connectivity index (χ1v) is 8.24. The Kier molecular flexibility index (Phi) is 6.94. The van der Waals surface area contributed by atoms with Crippen molar-refractivity contribution in [3.8, 4) is 0 Å². The van der Waals surface area contributed by atoms with Crippen LogP contribution in [0.3, 0.4) is 0 Å². The molecule has 136 valence electrons. The lowest BCUT2D eigenvalue weighted by Crippen LogP contribution is -2.26. The predicted octanol–water partition coefficient (Wildman–Crippen LogP) is 3.76. The Balaban J connectivity index is 1.75. The molecule has 0 fully saturated rings. The summed E-state index contributed by atoms with van der Waals surface area (Å²) in [5.74, 6) is -0.937. The molecular formula is C17H14Cl2N2O5. The fourth-order valence-corrected chi connectivity index (χ4v) is 2.45. The minimum Gasteiger partial charge on any atom is -0.461 e. The molecule has 2 aromatic rings. The molecule has 0 saturated carbocycles. The van der Waals surface area contributed by atoms with Crippen LogP contribution in [0.5, 0.6) is 0 Å². The Bertz CT molecular complexity index is 824. The molecule has 0 aliphatic carbocycles. The second-order valence-electron chi connectivity index (χ2n) is 5.21.